The van der Waals surface area contributed by atoms with Crippen molar-refractivity contribution in [2.75, 3.05) is 36.5 Å². The van der Waals surface area contributed by atoms with E-state index in [0.29, 0.717) is 37.3 Å². The Morgan fingerprint density at radius 2 is 1.62 bits per heavy atom. The van der Waals surface area contributed by atoms with Crippen LogP contribution < -0.4 is 10.2 Å². The maximum Gasteiger partial charge on any atom is 0.416 e. The van der Waals surface area contributed by atoms with Crippen molar-refractivity contribution in [2.24, 2.45) is 11.3 Å². The van der Waals surface area contributed by atoms with Gasteiger partial charge in [-0.3, -0.25) is 9.59 Å². The topological polar surface area (TPSA) is 77.7 Å². The monoisotopic (exact) mass is 686 g/mol. The van der Waals surface area contributed by atoms with Crippen molar-refractivity contribution in [3.05, 3.63) is 95.2 Å². The molecule has 3 aliphatic rings. The fourth-order valence-corrected chi connectivity index (χ4v) is 8.56. The van der Waals surface area contributed by atoms with Gasteiger partial charge in [0.15, 0.2) is 0 Å². The van der Waals surface area contributed by atoms with Crippen LogP contribution in [0.2, 0.25) is 0 Å². The summed E-state index contributed by atoms with van der Waals surface area (Å²) >= 11 is 0. The zero-order valence-corrected chi connectivity index (χ0v) is 28.9. The van der Waals surface area contributed by atoms with Gasteiger partial charge in [-0.15, -0.1) is 0 Å². The highest BCUT2D eigenvalue weighted by Crippen LogP contribution is 2.67. The summed E-state index contributed by atoms with van der Waals surface area (Å²) in [6.45, 7) is 9.44. The molecule has 2 amide bonds. The predicted molar refractivity (Wildman–Crippen MR) is 189 cm³/mol. The Kier molecular flexibility index (Phi) is 8.95. The van der Waals surface area contributed by atoms with Gasteiger partial charge >= 0.3 is 6.18 Å². The second kappa shape index (κ2) is 13.1. The number of rotatable bonds is 9. The fraction of sp³-hybridized carbons (Fsp3) is 0.450. The van der Waals surface area contributed by atoms with Gasteiger partial charge in [-0.25, -0.2) is 0 Å². The second-order valence-electron chi connectivity index (χ2n) is 14.8. The Hall–Kier alpha value is -4.31. The van der Waals surface area contributed by atoms with E-state index in [-0.39, 0.29) is 42.0 Å². The van der Waals surface area contributed by atoms with Crippen molar-refractivity contribution in [1.29, 1.82) is 0 Å². The van der Waals surface area contributed by atoms with Gasteiger partial charge in [-0.1, -0.05) is 57.0 Å². The van der Waals surface area contributed by atoms with E-state index in [0.717, 1.165) is 60.3 Å². The number of carbonyl (C=O) groups excluding carboxylic acids is 2. The molecule has 1 saturated heterocycles. The van der Waals surface area contributed by atoms with E-state index in [4.69, 9.17) is 4.74 Å². The molecule has 2 heterocycles. The van der Waals surface area contributed by atoms with Crippen molar-refractivity contribution in [1.82, 2.24) is 9.88 Å². The molecule has 3 fully saturated rings. The zero-order valence-electron chi connectivity index (χ0n) is 28.9. The number of carbonyl (C=O) groups is 2. The molecular weight excluding hydrogens is 641 g/mol. The number of nitrogens with one attached hydrogen (secondary N) is 2. The predicted octanol–water partition coefficient (Wildman–Crippen LogP) is 8.44. The average Bonchev–Trinajstić information content (AvgIpc) is 3.44. The fourth-order valence-electron chi connectivity index (χ4n) is 8.56. The van der Waals surface area contributed by atoms with E-state index in [2.05, 4.69) is 48.1 Å². The van der Waals surface area contributed by atoms with Gasteiger partial charge in [0.05, 0.1) is 18.8 Å². The van der Waals surface area contributed by atoms with Crippen molar-refractivity contribution in [3.63, 3.8) is 0 Å². The van der Waals surface area contributed by atoms with Crippen LogP contribution in [0.4, 0.5) is 24.5 Å². The third kappa shape index (κ3) is 6.38. The van der Waals surface area contributed by atoms with Gasteiger partial charge < -0.3 is 24.8 Å². The molecule has 2 atom stereocenters. The standard InChI is InChI=1S/C40H45F3N4O3/c1-26-35(31-8-4-5-9-33(31)44-26)36-32(38(36,2)3)24-34(48)47(25-27-10-12-28(13-11-27)40(41,42)43)39(18-6-7-19-39)37(49)45-29-14-16-30(17-15-29)46-20-22-50-23-21-46/h4-5,8-17,32,36,44H,6-7,18-25H2,1-3H3,(H,45,49). The SMILES string of the molecule is Cc1[nH]c2ccccc2c1C1C(CC(=O)N(Cc2ccc(C(F)(F)F)cc2)C2(C(=O)Nc3ccc(N4CCOCC4)cc3)CCCC2)C1(C)C. The van der Waals surface area contributed by atoms with Crippen LogP contribution >= 0.6 is 0 Å². The number of alkyl halides is 3. The highest BCUT2D eigenvalue weighted by molar-refractivity contribution is 6.01. The molecule has 50 heavy (non-hydrogen) atoms. The lowest BCUT2D eigenvalue weighted by atomic mass is 9.91. The summed E-state index contributed by atoms with van der Waals surface area (Å²) < 4.78 is 45.8. The molecule has 0 spiro atoms. The molecule has 7 rings (SSSR count). The minimum Gasteiger partial charge on any atom is -0.378 e. The molecule has 0 bridgehead atoms. The number of morpholine rings is 1. The molecule has 2 N–H and O–H groups in total. The summed E-state index contributed by atoms with van der Waals surface area (Å²) in [6.07, 6.45) is -1.73. The van der Waals surface area contributed by atoms with Crippen molar-refractivity contribution >= 4 is 34.1 Å². The molecule has 264 valence electrons. The number of para-hydroxylation sites is 1. The van der Waals surface area contributed by atoms with E-state index < -0.39 is 17.3 Å². The van der Waals surface area contributed by atoms with Crippen LogP contribution in [0.3, 0.4) is 0 Å². The van der Waals surface area contributed by atoms with Gasteiger partial charge in [0.2, 0.25) is 11.8 Å². The highest BCUT2D eigenvalue weighted by atomic mass is 19.4. The van der Waals surface area contributed by atoms with E-state index in [1.807, 2.05) is 36.4 Å². The van der Waals surface area contributed by atoms with Gasteiger partial charge in [0.1, 0.15) is 5.54 Å². The number of benzene rings is 3. The quantitative estimate of drug-likeness (QED) is 0.185. The number of anilines is 2. The first-order valence-electron chi connectivity index (χ1n) is 17.7. The zero-order chi connectivity index (χ0) is 35.3. The van der Waals surface area contributed by atoms with E-state index in [1.54, 1.807) is 4.90 Å². The number of hydrogen-bond donors (Lipinski definition) is 2. The minimum atomic E-state index is -4.47. The number of H-pyrrole nitrogens is 1. The first-order valence-corrected chi connectivity index (χ1v) is 17.7. The van der Waals surface area contributed by atoms with Crippen LogP contribution in [0.25, 0.3) is 10.9 Å². The Morgan fingerprint density at radius 3 is 2.28 bits per heavy atom. The largest absolute Gasteiger partial charge is 0.416 e. The van der Waals surface area contributed by atoms with E-state index >= 15 is 0 Å². The number of ether oxygens (including phenoxy) is 1. The Balaban J connectivity index is 1.17. The Morgan fingerprint density at radius 1 is 0.960 bits per heavy atom. The van der Waals surface area contributed by atoms with Crippen molar-refractivity contribution in [3.8, 4) is 0 Å². The van der Waals surface area contributed by atoms with E-state index in [1.165, 1.54) is 17.7 Å². The first-order chi connectivity index (χ1) is 23.9. The van der Waals surface area contributed by atoms with Gasteiger partial charge in [-0.05, 0) is 90.6 Å². The summed E-state index contributed by atoms with van der Waals surface area (Å²) in [7, 11) is 0. The summed E-state index contributed by atoms with van der Waals surface area (Å²) in [5.41, 5.74) is 3.59. The van der Waals surface area contributed by atoms with Crippen LogP contribution in [0.1, 0.15) is 74.3 Å². The van der Waals surface area contributed by atoms with Crippen LogP contribution in [0.5, 0.6) is 0 Å². The second-order valence-corrected chi connectivity index (χ2v) is 14.8. The summed E-state index contributed by atoms with van der Waals surface area (Å²) in [5.74, 6) is -0.220. The van der Waals surface area contributed by atoms with E-state index in [9.17, 15) is 22.8 Å². The summed E-state index contributed by atoms with van der Waals surface area (Å²) in [4.78, 5) is 36.5. The minimum absolute atomic E-state index is 0.0391. The third-order valence-electron chi connectivity index (χ3n) is 11.5. The average molecular weight is 687 g/mol. The number of aromatic nitrogens is 1. The Labute approximate surface area is 291 Å². The van der Waals surface area contributed by atoms with Crippen LogP contribution in [0, 0.1) is 18.3 Å². The number of nitrogens with zero attached hydrogens (tertiary/aromatic N) is 2. The van der Waals surface area contributed by atoms with Gasteiger partial charge in [0.25, 0.3) is 0 Å². The number of amides is 2. The molecule has 2 saturated carbocycles. The molecule has 2 unspecified atom stereocenters. The molecule has 2 aliphatic carbocycles. The molecule has 1 aromatic heterocycles. The van der Waals surface area contributed by atoms with Crippen LogP contribution in [-0.2, 0) is 27.0 Å². The number of hydrogen-bond acceptors (Lipinski definition) is 4. The van der Waals surface area contributed by atoms with Crippen molar-refractivity contribution in [2.45, 2.75) is 77.1 Å². The molecule has 4 aromatic rings. The first kappa shape index (κ1) is 34.2. The number of aryl methyl sites for hydroxylation is 1. The lowest BCUT2D eigenvalue weighted by molar-refractivity contribution is -0.146. The summed E-state index contributed by atoms with van der Waals surface area (Å²) in [5, 5.41) is 4.28. The smallest absolute Gasteiger partial charge is 0.378 e. The highest BCUT2D eigenvalue weighted by Gasteiger charge is 2.61. The van der Waals surface area contributed by atoms with Gasteiger partial charge in [0, 0.05) is 54.0 Å². The van der Waals surface area contributed by atoms with Gasteiger partial charge in [-0.2, -0.15) is 13.2 Å². The maximum absolute atomic E-state index is 14.7. The number of halogens is 3. The lowest BCUT2D eigenvalue weighted by Gasteiger charge is -2.40. The Bertz CT molecular complexity index is 1850. The molecule has 10 heteroatoms. The molecule has 1 aliphatic heterocycles. The maximum atomic E-state index is 14.7. The van der Waals surface area contributed by atoms with Crippen LogP contribution in [0.15, 0.2) is 72.8 Å². The molecule has 7 nitrogen and oxygen atoms in total. The third-order valence-corrected chi connectivity index (χ3v) is 11.5. The summed E-state index contributed by atoms with van der Waals surface area (Å²) in [6, 6.07) is 20.9. The number of aromatic amines is 1. The molecular formula is C40H45F3N4O3. The normalized spacial score (nSPS) is 21.3. The van der Waals surface area contributed by atoms with Crippen LogP contribution in [-0.4, -0.2) is 53.5 Å². The molecule has 0 radical (unpaired) electrons. The molecule has 3 aromatic carbocycles. The number of fused-ring (bicyclic) bond motifs is 1. The lowest BCUT2D eigenvalue weighted by Crippen LogP contribution is -2.57. The van der Waals surface area contributed by atoms with Crippen molar-refractivity contribution < 1.29 is 27.5 Å².